The number of hydrazone groups is 1. The number of rotatable bonds is 3. The molecule has 0 fully saturated rings. The molecule has 2 aromatic carbocycles. The van der Waals surface area contributed by atoms with Crippen molar-refractivity contribution in [3.05, 3.63) is 66.4 Å². The summed E-state index contributed by atoms with van der Waals surface area (Å²) in [6, 6.07) is 18.2. The van der Waals surface area contributed by atoms with Crippen LogP contribution in [0.25, 0.3) is 10.9 Å². The maximum Gasteiger partial charge on any atom is 0.196 e. The van der Waals surface area contributed by atoms with Crippen molar-refractivity contribution in [1.82, 2.24) is 9.88 Å². The number of carbonyl (C=O) groups is 1. The molecule has 1 aliphatic rings. The van der Waals surface area contributed by atoms with Gasteiger partial charge < -0.3 is 9.88 Å². The summed E-state index contributed by atoms with van der Waals surface area (Å²) in [6.45, 7) is 7.92. The molecular weight excluding hydrogens is 336 g/mol. The first-order valence-corrected chi connectivity index (χ1v) is 9.17. The van der Waals surface area contributed by atoms with E-state index in [-0.39, 0.29) is 17.5 Å². The third kappa shape index (κ3) is 2.89. The van der Waals surface area contributed by atoms with Gasteiger partial charge in [-0.25, -0.2) is 5.01 Å². The summed E-state index contributed by atoms with van der Waals surface area (Å²) in [6.07, 6.45) is 1.82. The molecule has 1 atom stereocenters. The number of H-pyrrole nitrogens is 1. The van der Waals surface area contributed by atoms with Gasteiger partial charge in [0, 0.05) is 35.1 Å². The number of aromatic amines is 1. The second kappa shape index (κ2) is 6.27. The molecule has 0 spiro atoms. The van der Waals surface area contributed by atoms with E-state index in [1.54, 1.807) is 6.92 Å². The van der Waals surface area contributed by atoms with Gasteiger partial charge in [-0.1, -0.05) is 36.4 Å². The van der Waals surface area contributed by atoms with E-state index >= 15 is 0 Å². The molecule has 0 bridgehead atoms. The number of hydrogen-bond acceptors (Lipinski definition) is 4. The van der Waals surface area contributed by atoms with Crippen LogP contribution in [0.15, 0.2) is 65.9 Å². The zero-order chi connectivity index (χ0) is 19.2. The van der Waals surface area contributed by atoms with Gasteiger partial charge in [-0.15, -0.1) is 5.10 Å². The summed E-state index contributed by atoms with van der Waals surface area (Å²) in [7, 11) is 0. The van der Waals surface area contributed by atoms with E-state index in [9.17, 15) is 4.79 Å². The van der Waals surface area contributed by atoms with Crippen LogP contribution in [0, 0.1) is 0 Å². The number of Topliss-reactive ketones (excluding diaryl/α,β-unsaturated/α-hetero) is 1. The second-order valence-electron chi connectivity index (χ2n) is 7.86. The van der Waals surface area contributed by atoms with Gasteiger partial charge in [0.25, 0.3) is 0 Å². The summed E-state index contributed by atoms with van der Waals surface area (Å²) < 4.78 is 0. The predicted molar refractivity (Wildman–Crippen MR) is 110 cm³/mol. The average Bonchev–Trinajstić information content (AvgIpc) is 3.23. The number of carbonyl (C=O) groups excluding carboxylic acids is 1. The predicted octanol–water partition coefficient (Wildman–Crippen LogP) is 4.69. The Morgan fingerprint density at radius 1 is 1.04 bits per heavy atom. The molecular formula is C22H24N4O. The zero-order valence-corrected chi connectivity index (χ0v) is 16.1. The molecule has 4 rings (SSSR count). The Balaban J connectivity index is 1.94. The van der Waals surface area contributed by atoms with E-state index in [1.807, 2.05) is 53.7 Å². The van der Waals surface area contributed by atoms with Crippen LogP contribution in [0.4, 0.5) is 5.69 Å². The molecule has 5 nitrogen and oxygen atoms in total. The summed E-state index contributed by atoms with van der Waals surface area (Å²) in [5, 5.41) is 7.86. The van der Waals surface area contributed by atoms with Crippen LogP contribution in [0.5, 0.6) is 0 Å². The normalized spacial score (nSPS) is 17.5. The van der Waals surface area contributed by atoms with Crippen LogP contribution in [-0.2, 0) is 4.79 Å². The lowest BCUT2D eigenvalue weighted by Crippen LogP contribution is -2.49. The SMILES string of the molecule is CC(=O)C1=NN(c2ccccc2)C(c2c[nH]c3ccccc23)N1C(C)(C)C. The molecule has 1 aromatic heterocycles. The van der Waals surface area contributed by atoms with Crippen LogP contribution in [0.1, 0.15) is 39.4 Å². The van der Waals surface area contributed by atoms with Crippen molar-refractivity contribution >= 4 is 28.2 Å². The van der Waals surface area contributed by atoms with E-state index in [2.05, 4.69) is 42.8 Å². The molecule has 1 unspecified atom stereocenters. The standard InChI is InChI=1S/C22H24N4O/c1-15(27)20-24-26(16-10-6-5-7-11-16)21(25(20)22(2,3)4)18-14-23-19-13-9-8-12-17(18)19/h5-14,21,23H,1-4H3. The minimum Gasteiger partial charge on any atom is -0.361 e. The molecule has 0 amide bonds. The van der Waals surface area contributed by atoms with E-state index in [1.165, 1.54) is 0 Å². The number of hydrogen-bond donors (Lipinski definition) is 1. The zero-order valence-electron chi connectivity index (χ0n) is 16.1. The third-order valence-electron chi connectivity index (χ3n) is 4.86. The van der Waals surface area contributed by atoms with Gasteiger partial charge in [0.1, 0.15) is 0 Å². The summed E-state index contributed by atoms with van der Waals surface area (Å²) in [5.74, 6) is 0.454. The number of nitrogens with one attached hydrogen (secondary N) is 1. The van der Waals surface area contributed by atoms with Gasteiger partial charge in [-0.2, -0.15) is 0 Å². The molecule has 0 radical (unpaired) electrons. The van der Waals surface area contributed by atoms with Crippen molar-refractivity contribution in [2.24, 2.45) is 5.10 Å². The van der Waals surface area contributed by atoms with Crippen LogP contribution >= 0.6 is 0 Å². The summed E-state index contributed by atoms with van der Waals surface area (Å²) >= 11 is 0. The number of amidine groups is 1. The van der Waals surface area contributed by atoms with Gasteiger partial charge in [0.2, 0.25) is 0 Å². The maximum absolute atomic E-state index is 12.5. The van der Waals surface area contributed by atoms with Crippen molar-refractivity contribution in [2.45, 2.75) is 39.4 Å². The summed E-state index contributed by atoms with van der Waals surface area (Å²) in [4.78, 5) is 17.9. The Morgan fingerprint density at radius 3 is 2.37 bits per heavy atom. The van der Waals surface area contributed by atoms with E-state index in [0.717, 1.165) is 22.2 Å². The van der Waals surface area contributed by atoms with Crippen molar-refractivity contribution in [2.75, 3.05) is 5.01 Å². The number of ketones is 1. The van der Waals surface area contributed by atoms with Crippen molar-refractivity contribution in [1.29, 1.82) is 0 Å². The Morgan fingerprint density at radius 2 is 1.70 bits per heavy atom. The minimum atomic E-state index is -0.281. The first-order valence-electron chi connectivity index (χ1n) is 9.17. The van der Waals surface area contributed by atoms with Crippen LogP contribution < -0.4 is 5.01 Å². The number of benzene rings is 2. The fourth-order valence-corrected chi connectivity index (χ4v) is 3.71. The van der Waals surface area contributed by atoms with Crippen LogP contribution in [-0.4, -0.2) is 27.0 Å². The molecule has 5 heteroatoms. The molecule has 27 heavy (non-hydrogen) atoms. The number of anilines is 1. The molecule has 1 aliphatic heterocycles. The maximum atomic E-state index is 12.5. The number of aromatic nitrogens is 1. The van der Waals surface area contributed by atoms with Gasteiger partial charge in [0.05, 0.1) is 5.69 Å². The molecule has 1 N–H and O–H groups in total. The Labute approximate surface area is 159 Å². The van der Waals surface area contributed by atoms with E-state index < -0.39 is 0 Å². The topological polar surface area (TPSA) is 51.7 Å². The quantitative estimate of drug-likeness (QED) is 0.737. The molecule has 0 saturated heterocycles. The highest BCUT2D eigenvalue weighted by Crippen LogP contribution is 2.42. The van der Waals surface area contributed by atoms with Gasteiger partial charge in [0.15, 0.2) is 17.8 Å². The largest absolute Gasteiger partial charge is 0.361 e. The van der Waals surface area contributed by atoms with Crippen molar-refractivity contribution in [3.8, 4) is 0 Å². The van der Waals surface area contributed by atoms with Gasteiger partial charge in [-0.05, 0) is 39.0 Å². The third-order valence-corrected chi connectivity index (χ3v) is 4.86. The summed E-state index contributed by atoms with van der Waals surface area (Å²) in [5.41, 5.74) is 2.85. The number of nitrogens with zero attached hydrogens (tertiary/aromatic N) is 3. The lowest BCUT2D eigenvalue weighted by molar-refractivity contribution is -0.112. The van der Waals surface area contributed by atoms with Crippen LogP contribution in [0.3, 0.4) is 0 Å². The molecule has 2 heterocycles. The smallest absolute Gasteiger partial charge is 0.196 e. The monoisotopic (exact) mass is 360 g/mol. The molecule has 0 saturated carbocycles. The molecule has 0 aliphatic carbocycles. The first-order chi connectivity index (χ1) is 12.9. The van der Waals surface area contributed by atoms with E-state index in [0.29, 0.717) is 5.84 Å². The highest BCUT2D eigenvalue weighted by molar-refractivity contribution is 6.38. The highest BCUT2D eigenvalue weighted by atomic mass is 16.1. The fraction of sp³-hybridized carbons (Fsp3) is 0.273. The highest BCUT2D eigenvalue weighted by Gasteiger charge is 2.44. The molecule has 138 valence electrons. The second-order valence-corrected chi connectivity index (χ2v) is 7.86. The van der Waals surface area contributed by atoms with Crippen LogP contribution in [0.2, 0.25) is 0 Å². The first kappa shape index (κ1) is 17.3. The Kier molecular flexibility index (Phi) is 4.02. The lowest BCUT2D eigenvalue weighted by Gasteiger charge is -2.40. The Hall–Kier alpha value is -3.08. The van der Waals surface area contributed by atoms with E-state index in [4.69, 9.17) is 5.10 Å². The number of fused-ring (bicyclic) bond motifs is 1. The minimum absolute atomic E-state index is 0.0341. The molecule has 3 aromatic rings. The lowest BCUT2D eigenvalue weighted by atomic mass is 10.0. The van der Waals surface area contributed by atoms with Gasteiger partial charge >= 0.3 is 0 Å². The number of para-hydroxylation sites is 2. The van der Waals surface area contributed by atoms with Crippen molar-refractivity contribution < 1.29 is 4.79 Å². The van der Waals surface area contributed by atoms with Crippen molar-refractivity contribution in [3.63, 3.8) is 0 Å². The Bertz CT molecular complexity index is 1010. The van der Waals surface area contributed by atoms with Gasteiger partial charge in [-0.3, -0.25) is 4.79 Å². The fourth-order valence-electron chi connectivity index (χ4n) is 3.71. The average molecular weight is 360 g/mol.